The molecule has 0 bridgehead atoms. The largest absolute Gasteiger partial charge is 1.00 e. The number of hydrogen-bond donors (Lipinski definition) is 5. The molecule has 5 unspecified atom stereocenters. The van der Waals surface area contributed by atoms with Crippen LogP contribution in [0.4, 0.5) is 0 Å². The topological polar surface area (TPSA) is 177 Å². The molecule has 32 heavy (non-hydrogen) atoms. The number of ether oxygens (including phenoxy) is 2. The Morgan fingerprint density at radius 1 is 0.969 bits per heavy atom. The molecule has 1 fully saturated rings. The molecule has 12 heteroatoms. The molecule has 1 aliphatic heterocycles. The summed E-state index contributed by atoms with van der Waals surface area (Å²) in [6.07, 6.45) is -4.08. The van der Waals surface area contributed by atoms with Gasteiger partial charge in [0.25, 0.3) is 0 Å². The summed E-state index contributed by atoms with van der Waals surface area (Å²) >= 11 is 0. The second-order valence-corrected chi connectivity index (χ2v) is 8.31. The second kappa shape index (κ2) is 11.5. The average Bonchev–Trinajstić information content (AvgIpc) is 2.72. The molecule has 1 saturated heterocycles. The zero-order chi connectivity index (χ0) is 22.8. The Morgan fingerprint density at radius 2 is 1.59 bits per heavy atom. The third-order valence-electron chi connectivity index (χ3n) is 4.65. The molecule has 168 valence electrons. The Morgan fingerprint density at radius 3 is 2.19 bits per heavy atom. The number of aromatic hydroxyl groups is 1. The quantitative estimate of drug-likeness (QED) is 0.156. The van der Waals surface area contributed by atoms with Gasteiger partial charge in [-0.2, -0.15) is 0 Å². The molecule has 0 saturated carbocycles. The zero-order valence-electron chi connectivity index (χ0n) is 17.0. The van der Waals surface area contributed by atoms with Crippen LogP contribution >= 0.6 is 0 Å². The molecule has 1 heterocycles. The first-order valence-corrected chi connectivity index (χ1v) is 10.5. The molecule has 0 aromatic heterocycles. The van der Waals surface area contributed by atoms with E-state index in [1.807, 2.05) is 0 Å². The molecule has 10 nitrogen and oxygen atoms in total. The van der Waals surface area contributed by atoms with Gasteiger partial charge in [-0.15, -0.1) is 0 Å². The van der Waals surface area contributed by atoms with Gasteiger partial charge in [-0.25, -0.2) is 8.42 Å². The summed E-state index contributed by atoms with van der Waals surface area (Å²) in [6, 6.07) is 9.38. The van der Waals surface area contributed by atoms with Gasteiger partial charge in [0.1, 0.15) is 46.0 Å². The maximum absolute atomic E-state index is 11.0. The van der Waals surface area contributed by atoms with E-state index in [0.29, 0.717) is 11.1 Å². The number of rotatable bonds is 6. The first-order valence-electron chi connectivity index (χ1n) is 9.14. The number of aliphatic hydroxyl groups excluding tert-OH is 4. The third-order valence-corrected chi connectivity index (χ3v) is 5.50. The fourth-order valence-corrected chi connectivity index (χ4v) is 3.48. The zero-order valence-corrected chi connectivity index (χ0v) is 20.9. The molecule has 1 aliphatic rings. The van der Waals surface area contributed by atoms with Crippen molar-refractivity contribution in [3.05, 3.63) is 53.6 Å². The van der Waals surface area contributed by atoms with Crippen LogP contribution in [0.2, 0.25) is 0 Å². The van der Waals surface area contributed by atoms with Crippen LogP contribution in [0, 0.1) is 0 Å². The molecule has 2 aromatic carbocycles. The summed E-state index contributed by atoms with van der Waals surface area (Å²) in [5.41, 5.74) is 1.06. The van der Waals surface area contributed by atoms with Crippen LogP contribution in [0.5, 0.6) is 11.5 Å². The molecule has 5 atom stereocenters. The fourth-order valence-electron chi connectivity index (χ4n) is 3.01. The summed E-state index contributed by atoms with van der Waals surface area (Å²) in [7, 11) is -4.54. The number of hydrogen-bond acceptors (Lipinski definition) is 10. The molecule has 5 N–H and O–H groups in total. The summed E-state index contributed by atoms with van der Waals surface area (Å²) in [6.45, 7) is -0.606. The molecule has 3 rings (SSSR count). The van der Waals surface area contributed by atoms with Crippen LogP contribution in [0.3, 0.4) is 0 Å². The molecule has 0 spiro atoms. The van der Waals surface area contributed by atoms with Gasteiger partial charge in [-0.1, -0.05) is 24.3 Å². The second-order valence-electron chi connectivity index (χ2n) is 6.93. The Labute approximate surface area is 226 Å². The minimum atomic E-state index is -4.54. The van der Waals surface area contributed by atoms with E-state index in [1.165, 1.54) is 42.5 Å². The van der Waals surface area contributed by atoms with Crippen molar-refractivity contribution in [3.63, 3.8) is 0 Å². The van der Waals surface area contributed by atoms with Crippen LogP contribution in [-0.2, 0) is 14.9 Å². The van der Waals surface area contributed by atoms with Gasteiger partial charge in [0.2, 0.25) is 6.29 Å². The number of benzene rings is 2. The van der Waals surface area contributed by atoms with E-state index in [2.05, 4.69) is 0 Å². The van der Waals surface area contributed by atoms with Crippen LogP contribution in [0.25, 0.3) is 12.2 Å². The molecule has 2 aromatic rings. The summed E-state index contributed by atoms with van der Waals surface area (Å²) in [5, 5.41) is 48.9. The van der Waals surface area contributed by atoms with Gasteiger partial charge in [0, 0.05) is 6.07 Å². The van der Waals surface area contributed by atoms with Gasteiger partial charge in [-0.3, -0.25) is 0 Å². The first-order chi connectivity index (χ1) is 14.6. The van der Waals surface area contributed by atoms with E-state index < -0.39 is 47.4 Å². The summed E-state index contributed by atoms with van der Waals surface area (Å²) in [4.78, 5) is -0.350. The van der Waals surface area contributed by atoms with Crippen LogP contribution in [0.1, 0.15) is 11.1 Å². The number of phenolic OH excluding ortho intramolecular Hbond substituents is 1. The van der Waals surface area contributed by atoms with E-state index >= 15 is 0 Å². The van der Waals surface area contributed by atoms with Crippen LogP contribution in [0.15, 0.2) is 47.4 Å². The van der Waals surface area contributed by atoms with Gasteiger partial charge in [0.15, 0.2) is 0 Å². The Bertz CT molecular complexity index is 1040. The average molecular weight is 493 g/mol. The SMILES string of the molecule is O=S(=O)([O-])c1ccc(/C=C/c2cc(O)cc(OC3OC(CO)C(O)C(O)C3O)c2)cc1.[K+]. The van der Waals surface area contributed by atoms with E-state index in [-0.39, 0.29) is 67.8 Å². The van der Waals surface area contributed by atoms with Crippen molar-refractivity contribution in [2.75, 3.05) is 6.61 Å². The molecule has 0 amide bonds. The van der Waals surface area contributed by atoms with Crippen LogP contribution in [-0.4, -0.2) is 75.8 Å². The van der Waals surface area contributed by atoms with E-state index in [1.54, 1.807) is 12.2 Å². The molecular weight excluding hydrogens is 471 g/mol. The van der Waals surface area contributed by atoms with Crippen LogP contribution < -0.4 is 56.1 Å². The molecule has 0 radical (unpaired) electrons. The summed E-state index contributed by atoms with van der Waals surface area (Å²) < 4.78 is 43.7. The van der Waals surface area contributed by atoms with Crippen molar-refractivity contribution in [2.45, 2.75) is 35.6 Å². The van der Waals surface area contributed by atoms with Gasteiger partial charge in [-0.05, 0) is 35.4 Å². The first kappa shape index (κ1) is 27.4. The van der Waals surface area contributed by atoms with E-state index in [0.717, 1.165) is 0 Å². The molecular formula is C20H21KO10S. The van der Waals surface area contributed by atoms with E-state index in [9.17, 15) is 38.5 Å². The predicted molar refractivity (Wildman–Crippen MR) is 106 cm³/mol. The maximum Gasteiger partial charge on any atom is 1.00 e. The van der Waals surface area contributed by atoms with Crippen molar-refractivity contribution in [2.24, 2.45) is 0 Å². The Kier molecular flexibility index (Phi) is 9.84. The Balaban J connectivity index is 0.00000363. The smallest absolute Gasteiger partial charge is 0.744 e. The number of phenols is 1. The minimum absolute atomic E-state index is 0. The Hall–Kier alpha value is -0.874. The monoisotopic (exact) mass is 492 g/mol. The molecule has 0 aliphatic carbocycles. The van der Waals surface area contributed by atoms with Crippen molar-refractivity contribution in [1.29, 1.82) is 0 Å². The van der Waals surface area contributed by atoms with Crippen molar-refractivity contribution in [3.8, 4) is 11.5 Å². The standard InChI is InChI=1S/C20H22O10S.K/c21-10-16-17(23)18(24)19(25)20(30-16)29-14-8-12(7-13(22)9-14)2-1-11-3-5-15(6-4-11)31(26,27)28;/h1-9,16-25H,10H2,(H,26,27,28);/q;+1/p-1/b2-1+;. The normalized spacial score (nSPS) is 26.0. The van der Waals surface area contributed by atoms with Crippen molar-refractivity contribution in [1.82, 2.24) is 0 Å². The fraction of sp³-hybridized carbons (Fsp3) is 0.300. The van der Waals surface area contributed by atoms with Gasteiger partial charge in [0.05, 0.1) is 11.5 Å². The van der Waals surface area contributed by atoms with Crippen molar-refractivity contribution >= 4 is 22.3 Å². The third kappa shape index (κ3) is 6.82. The maximum atomic E-state index is 11.0. The number of aliphatic hydroxyl groups is 4. The summed E-state index contributed by atoms with van der Waals surface area (Å²) in [5.74, 6) is -0.0914. The van der Waals surface area contributed by atoms with E-state index in [4.69, 9.17) is 9.47 Å². The van der Waals surface area contributed by atoms with Crippen molar-refractivity contribution < 1.29 is 99.4 Å². The van der Waals surface area contributed by atoms with Gasteiger partial charge < -0.3 is 39.6 Å². The minimum Gasteiger partial charge on any atom is -0.744 e. The van der Waals surface area contributed by atoms with Gasteiger partial charge >= 0.3 is 51.4 Å². The predicted octanol–water partition coefficient (Wildman–Crippen LogP) is -3.35.